The molecule has 0 saturated heterocycles. The molecule has 3 aromatic rings. The molecule has 3 aromatic carbocycles. The van der Waals surface area contributed by atoms with E-state index < -0.39 is 4.92 Å². The zero-order chi connectivity index (χ0) is 22.9. The van der Waals surface area contributed by atoms with Crippen LogP contribution in [0.25, 0.3) is 11.6 Å². The van der Waals surface area contributed by atoms with Gasteiger partial charge in [-0.25, -0.2) is 0 Å². The van der Waals surface area contributed by atoms with E-state index in [1.807, 2.05) is 19.1 Å². The summed E-state index contributed by atoms with van der Waals surface area (Å²) in [6, 6.07) is 22.6. The van der Waals surface area contributed by atoms with Crippen LogP contribution in [0.1, 0.15) is 29.2 Å². The second kappa shape index (κ2) is 10.4. The SMILES string of the molecule is CCOc1cc(C=C(C#N)c2cccc([N+](=O)[O-])c2)ccc1OCc1ccccc1C#N. The van der Waals surface area contributed by atoms with Crippen LogP contribution in [0.15, 0.2) is 66.7 Å². The first-order valence-corrected chi connectivity index (χ1v) is 9.80. The monoisotopic (exact) mass is 425 g/mol. The number of rotatable bonds is 8. The van der Waals surface area contributed by atoms with Gasteiger partial charge >= 0.3 is 0 Å². The lowest BCUT2D eigenvalue weighted by Gasteiger charge is -2.13. The molecule has 0 atom stereocenters. The van der Waals surface area contributed by atoms with E-state index in [4.69, 9.17) is 9.47 Å². The molecule has 7 nitrogen and oxygen atoms in total. The fourth-order valence-electron chi connectivity index (χ4n) is 3.05. The first-order valence-electron chi connectivity index (χ1n) is 9.80. The van der Waals surface area contributed by atoms with Crippen molar-refractivity contribution in [3.8, 4) is 23.6 Å². The second-order valence-electron chi connectivity index (χ2n) is 6.67. The Bertz CT molecular complexity index is 1250. The van der Waals surface area contributed by atoms with Gasteiger partial charge in [0.1, 0.15) is 6.61 Å². The lowest BCUT2D eigenvalue weighted by Crippen LogP contribution is -2.01. The number of ether oxygens (including phenoxy) is 2. The molecule has 0 heterocycles. The summed E-state index contributed by atoms with van der Waals surface area (Å²) in [5.74, 6) is 0.998. The molecule has 0 aliphatic heterocycles. The lowest BCUT2D eigenvalue weighted by molar-refractivity contribution is -0.384. The number of non-ortho nitro benzene ring substituents is 1. The molecule has 0 saturated carbocycles. The van der Waals surface area contributed by atoms with Crippen molar-refractivity contribution in [2.24, 2.45) is 0 Å². The fourth-order valence-corrected chi connectivity index (χ4v) is 3.05. The third kappa shape index (κ3) is 5.29. The Morgan fingerprint density at radius 2 is 1.84 bits per heavy atom. The van der Waals surface area contributed by atoms with Crippen molar-refractivity contribution in [3.63, 3.8) is 0 Å². The summed E-state index contributed by atoms with van der Waals surface area (Å²) in [6.07, 6.45) is 1.64. The number of hydrogen-bond donors (Lipinski definition) is 0. The van der Waals surface area contributed by atoms with Crippen LogP contribution >= 0.6 is 0 Å². The number of hydrogen-bond acceptors (Lipinski definition) is 6. The second-order valence-corrected chi connectivity index (χ2v) is 6.67. The molecular weight excluding hydrogens is 406 g/mol. The van der Waals surface area contributed by atoms with Gasteiger partial charge in [-0.3, -0.25) is 10.1 Å². The Kier molecular flexibility index (Phi) is 7.19. The highest BCUT2D eigenvalue weighted by Gasteiger charge is 2.11. The Labute approximate surface area is 185 Å². The van der Waals surface area contributed by atoms with Crippen molar-refractivity contribution in [1.29, 1.82) is 10.5 Å². The van der Waals surface area contributed by atoms with E-state index in [9.17, 15) is 20.6 Å². The average Bonchev–Trinajstić information content (AvgIpc) is 2.82. The van der Waals surface area contributed by atoms with Gasteiger partial charge < -0.3 is 9.47 Å². The minimum absolute atomic E-state index is 0.0833. The smallest absolute Gasteiger partial charge is 0.270 e. The third-order valence-corrected chi connectivity index (χ3v) is 4.59. The minimum Gasteiger partial charge on any atom is -0.490 e. The van der Waals surface area contributed by atoms with Crippen LogP contribution in [0.2, 0.25) is 0 Å². The van der Waals surface area contributed by atoms with Crippen LogP contribution in [0.5, 0.6) is 11.5 Å². The Balaban J connectivity index is 1.89. The largest absolute Gasteiger partial charge is 0.490 e. The van der Waals surface area contributed by atoms with Crippen molar-refractivity contribution >= 4 is 17.3 Å². The van der Waals surface area contributed by atoms with E-state index in [1.54, 1.807) is 48.5 Å². The summed E-state index contributed by atoms with van der Waals surface area (Å²) < 4.78 is 11.6. The van der Waals surface area contributed by atoms with Gasteiger partial charge in [0.15, 0.2) is 11.5 Å². The predicted octanol–water partition coefficient (Wildman–Crippen LogP) is 5.51. The van der Waals surface area contributed by atoms with Crippen molar-refractivity contribution in [3.05, 3.63) is 99.1 Å². The van der Waals surface area contributed by atoms with Crippen molar-refractivity contribution in [2.45, 2.75) is 13.5 Å². The Morgan fingerprint density at radius 1 is 1.03 bits per heavy atom. The quantitative estimate of drug-likeness (QED) is 0.204. The van der Waals surface area contributed by atoms with E-state index in [1.165, 1.54) is 12.1 Å². The van der Waals surface area contributed by atoms with Crippen molar-refractivity contribution in [1.82, 2.24) is 0 Å². The molecular formula is C25H19N3O4. The molecule has 32 heavy (non-hydrogen) atoms. The molecule has 0 unspecified atom stereocenters. The van der Waals surface area contributed by atoms with Crippen LogP contribution < -0.4 is 9.47 Å². The van der Waals surface area contributed by atoms with Gasteiger partial charge in [-0.15, -0.1) is 0 Å². The maximum atomic E-state index is 11.0. The molecule has 0 N–H and O–H groups in total. The van der Waals surface area contributed by atoms with Gasteiger partial charge in [0.2, 0.25) is 0 Å². The molecule has 0 fully saturated rings. The molecule has 0 amide bonds. The van der Waals surface area contributed by atoms with Crippen LogP contribution in [0.4, 0.5) is 5.69 Å². The molecule has 7 heteroatoms. The van der Waals surface area contributed by atoms with E-state index in [2.05, 4.69) is 12.1 Å². The highest BCUT2D eigenvalue weighted by molar-refractivity contribution is 5.90. The highest BCUT2D eigenvalue weighted by atomic mass is 16.6. The lowest BCUT2D eigenvalue weighted by atomic mass is 10.0. The van der Waals surface area contributed by atoms with Gasteiger partial charge in [-0.1, -0.05) is 36.4 Å². The molecule has 0 aromatic heterocycles. The van der Waals surface area contributed by atoms with Gasteiger partial charge in [-0.05, 0) is 42.3 Å². The fraction of sp³-hybridized carbons (Fsp3) is 0.120. The molecule has 0 aliphatic carbocycles. The number of nitrogens with zero attached hydrogens (tertiary/aromatic N) is 3. The molecule has 158 valence electrons. The predicted molar refractivity (Wildman–Crippen MR) is 120 cm³/mol. The van der Waals surface area contributed by atoms with Crippen LogP contribution in [0, 0.1) is 32.8 Å². The first kappa shape index (κ1) is 22.1. The maximum absolute atomic E-state index is 11.0. The summed E-state index contributed by atoms with van der Waals surface area (Å²) >= 11 is 0. The number of nitriles is 2. The summed E-state index contributed by atoms with van der Waals surface area (Å²) in [7, 11) is 0. The van der Waals surface area contributed by atoms with Crippen molar-refractivity contribution in [2.75, 3.05) is 6.61 Å². The zero-order valence-corrected chi connectivity index (χ0v) is 17.3. The minimum atomic E-state index is -0.498. The topological polar surface area (TPSA) is 109 Å². The molecule has 3 rings (SSSR count). The van der Waals surface area contributed by atoms with Crippen molar-refractivity contribution < 1.29 is 14.4 Å². The van der Waals surface area contributed by atoms with E-state index in [0.717, 1.165) is 5.56 Å². The van der Waals surface area contributed by atoms with E-state index in [-0.39, 0.29) is 17.9 Å². The summed E-state index contributed by atoms with van der Waals surface area (Å²) in [6.45, 7) is 2.46. The van der Waals surface area contributed by atoms with Gasteiger partial charge in [0, 0.05) is 17.7 Å². The van der Waals surface area contributed by atoms with Crippen LogP contribution in [0.3, 0.4) is 0 Å². The van der Waals surface area contributed by atoms with E-state index >= 15 is 0 Å². The number of nitro groups is 1. The van der Waals surface area contributed by atoms with Gasteiger partial charge in [0.25, 0.3) is 5.69 Å². The standard InChI is InChI=1S/C25H19N3O4/c1-2-31-25-13-18(12-22(16-27)19-8-5-9-23(14-19)28(29)30)10-11-24(25)32-17-21-7-4-3-6-20(21)15-26/h3-14H,2,17H2,1H3. The first-order chi connectivity index (χ1) is 15.5. The number of nitro benzene ring substituents is 1. The maximum Gasteiger partial charge on any atom is 0.270 e. The summed E-state index contributed by atoms with van der Waals surface area (Å²) in [4.78, 5) is 10.5. The Morgan fingerprint density at radius 3 is 2.56 bits per heavy atom. The highest BCUT2D eigenvalue weighted by Crippen LogP contribution is 2.31. The summed E-state index contributed by atoms with van der Waals surface area (Å²) in [5.41, 5.74) is 2.64. The number of benzene rings is 3. The van der Waals surface area contributed by atoms with Gasteiger partial charge in [-0.2, -0.15) is 10.5 Å². The number of allylic oxidation sites excluding steroid dienone is 1. The van der Waals surface area contributed by atoms with Crippen LogP contribution in [-0.2, 0) is 6.61 Å². The average molecular weight is 425 g/mol. The normalized spacial score (nSPS) is 10.7. The molecule has 0 spiro atoms. The molecule has 0 bridgehead atoms. The van der Waals surface area contributed by atoms with Crippen LogP contribution in [-0.4, -0.2) is 11.5 Å². The zero-order valence-electron chi connectivity index (χ0n) is 17.3. The summed E-state index contributed by atoms with van der Waals surface area (Å²) in [5, 5.41) is 29.9. The van der Waals surface area contributed by atoms with Gasteiger partial charge in [0.05, 0.1) is 34.8 Å². The van der Waals surface area contributed by atoms with E-state index in [0.29, 0.717) is 34.8 Å². The molecule has 0 radical (unpaired) electrons. The third-order valence-electron chi connectivity index (χ3n) is 4.59. The Hall–Kier alpha value is -4.62. The molecule has 0 aliphatic rings.